The second kappa shape index (κ2) is 9.93. The summed E-state index contributed by atoms with van der Waals surface area (Å²) in [6, 6.07) is 13.2. The van der Waals surface area contributed by atoms with E-state index in [1.54, 1.807) is 42.5 Å². The van der Waals surface area contributed by atoms with Gasteiger partial charge >= 0.3 is 19.1 Å². The third kappa shape index (κ3) is 5.18. The van der Waals surface area contributed by atoms with Crippen LogP contribution in [0.5, 0.6) is 5.75 Å². The van der Waals surface area contributed by atoms with Crippen LogP contribution in [0.2, 0.25) is 0 Å². The van der Waals surface area contributed by atoms with Gasteiger partial charge in [0.2, 0.25) is 12.7 Å². The number of amides is 1. The third-order valence-corrected chi connectivity index (χ3v) is 4.55. The Morgan fingerprint density at radius 1 is 1.10 bits per heavy atom. The lowest BCUT2D eigenvalue weighted by molar-refractivity contribution is -0.121. The maximum Gasteiger partial charge on any atom is 0.547 e. The molecule has 1 heterocycles. The van der Waals surface area contributed by atoms with Crippen molar-refractivity contribution in [1.82, 2.24) is 5.32 Å². The smallest absolute Gasteiger partial charge is 0.534 e. The second-order valence-corrected chi connectivity index (χ2v) is 6.78. The third-order valence-electron chi connectivity index (χ3n) is 4.55. The van der Waals surface area contributed by atoms with Crippen LogP contribution in [-0.2, 0) is 20.7 Å². The van der Waals surface area contributed by atoms with Crippen molar-refractivity contribution in [2.24, 2.45) is 0 Å². The molecule has 1 amide bonds. The fourth-order valence-corrected chi connectivity index (χ4v) is 3.09. The van der Waals surface area contributed by atoms with E-state index >= 15 is 0 Å². The van der Waals surface area contributed by atoms with Crippen molar-refractivity contribution in [1.29, 1.82) is 0 Å². The molecule has 2 aromatic rings. The van der Waals surface area contributed by atoms with E-state index in [-0.39, 0.29) is 17.2 Å². The molecule has 2 N–H and O–H groups in total. The van der Waals surface area contributed by atoms with E-state index in [1.165, 1.54) is 6.07 Å². The van der Waals surface area contributed by atoms with E-state index in [2.05, 4.69) is 5.32 Å². The van der Waals surface area contributed by atoms with Gasteiger partial charge in [0.05, 0.1) is 11.5 Å². The van der Waals surface area contributed by atoms with Gasteiger partial charge in [-0.25, -0.2) is 9.59 Å². The SMILES string of the molecule is CCCC(=O)NC1Cc2cccc(C(=O)OCOC(=O)c3ccccc3)c2OB1O. The lowest BCUT2D eigenvalue weighted by Crippen LogP contribution is -2.53. The van der Waals surface area contributed by atoms with Crippen LogP contribution in [0.3, 0.4) is 0 Å². The molecule has 0 spiro atoms. The summed E-state index contributed by atoms with van der Waals surface area (Å²) in [5.74, 6) is -1.98. The molecule has 0 saturated carbocycles. The average molecular weight is 411 g/mol. The van der Waals surface area contributed by atoms with Gasteiger partial charge in [0.15, 0.2) is 0 Å². The Morgan fingerprint density at radius 3 is 2.57 bits per heavy atom. The van der Waals surface area contributed by atoms with Gasteiger partial charge in [-0.15, -0.1) is 0 Å². The summed E-state index contributed by atoms with van der Waals surface area (Å²) in [5.41, 5.74) is 1.09. The first kappa shape index (κ1) is 21.4. The van der Waals surface area contributed by atoms with Crippen molar-refractivity contribution >= 4 is 25.0 Å². The summed E-state index contributed by atoms with van der Waals surface area (Å²) in [4.78, 5) is 36.2. The number of hydrogen-bond donors (Lipinski definition) is 2. The zero-order chi connectivity index (χ0) is 21.5. The molecule has 156 valence electrons. The number of para-hydroxylation sites is 1. The zero-order valence-electron chi connectivity index (χ0n) is 16.5. The molecule has 3 rings (SSSR count). The van der Waals surface area contributed by atoms with E-state index in [1.807, 2.05) is 6.92 Å². The van der Waals surface area contributed by atoms with Gasteiger partial charge in [-0.2, -0.15) is 0 Å². The number of hydrogen-bond acceptors (Lipinski definition) is 7. The molecule has 1 aliphatic rings. The van der Waals surface area contributed by atoms with Crippen LogP contribution in [0.25, 0.3) is 0 Å². The topological polar surface area (TPSA) is 111 Å². The second-order valence-electron chi connectivity index (χ2n) is 6.78. The van der Waals surface area contributed by atoms with Gasteiger partial charge in [-0.3, -0.25) is 4.79 Å². The molecule has 0 saturated heterocycles. The highest BCUT2D eigenvalue weighted by atomic mass is 16.7. The molecule has 0 radical (unpaired) electrons. The summed E-state index contributed by atoms with van der Waals surface area (Å²) in [6.07, 6.45) is 1.34. The number of rotatable bonds is 7. The quantitative estimate of drug-likeness (QED) is 0.407. The first-order valence-electron chi connectivity index (χ1n) is 9.65. The van der Waals surface area contributed by atoms with Gasteiger partial charge in [0, 0.05) is 6.42 Å². The van der Waals surface area contributed by atoms with E-state index in [0.29, 0.717) is 30.4 Å². The number of benzene rings is 2. The highest BCUT2D eigenvalue weighted by Crippen LogP contribution is 2.30. The van der Waals surface area contributed by atoms with Gasteiger partial charge in [-0.05, 0) is 36.6 Å². The highest BCUT2D eigenvalue weighted by Gasteiger charge is 2.37. The maximum absolute atomic E-state index is 12.4. The fourth-order valence-electron chi connectivity index (χ4n) is 3.09. The Morgan fingerprint density at radius 2 is 1.83 bits per heavy atom. The Balaban J connectivity index is 1.62. The van der Waals surface area contributed by atoms with Crippen LogP contribution < -0.4 is 9.97 Å². The first-order chi connectivity index (χ1) is 14.5. The number of esters is 2. The van der Waals surface area contributed by atoms with Gasteiger partial charge in [0.1, 0.15) is 11.3 Å². The Kier molecular flexibility index (Phi) is 7.08. The average Bonchev–Trinajstić information content (AvgIpc) is 2.74. The van der Waals surface area contributed by atoms with Crippen LogP contribution in [-0.4, -0.2) is 42.7 Å². The Bertz CT molecular complexity index is 919. The standard InChI is InChI=1S/C21H22BNO7/c1-2-7-18(24)23-17-12-15-10-6-11-16(19(15)30-22(17)27)21(26)29-13-28-20(25)14-8-4-3-5-9-14/h3-6,8-11,17,27H,2,7,12-13H2,1H3,(H,23,24). The predicted molar refractivity (Wildman–Crippen MR) is 108 cm³/mol. The summed E-state index contributed by atoms with van der Waals surface area (Å²) in [7, 11) is -1.30. The maximum atomic E-state index is 12.4. The Hall–Kier alpha value is -3.33. The van der Waals surface area contributed by atoms with Crippen LogP contribution >= 0.6 is 0 Å². The van der Waals surface area contributed by atoms with Crippen molar-refractivity contribution in [2.75, 3.05) is 6.79 Å². The van der Waals surface area contributed by atoms with Gasteiger partial charge < -0.3 is 24.5 Å². The van der Waals surface area contributed by atoms with E-state index < -0.39 is 31.8 Å². The van der Waals surface area contributed by atoms with Crippen LogP contribution in [0, 0.1) is 0 Å². The number of carbonyl (C=O) groups is 3. The van der Waals surface area contributed by atoms with Crippen molar-refractivity contribution < 1.29 is 33.5 Å². The van der Waals surface area contributed by atoms with Crippen LogP contribution in [0.1, 0.15) is 46.0 Å². The molecule has 0 fully saturated rings. The molecule has 30 heavy (non-hydrogen) atoms. The minimum Gasteiger partial charge on any atom is -0.534 e. The zero-order valence-corrected chi connectivity index (χ0v) is 16.5. The van der Waals surface area contributed by atoms with Crippen LogP contribution in [0.4, 0.5) is 0 Å². The summed E-state index contributed by atoms with van der Waals surface area (Å²) in [5, 5.41) is 13.0. The lowest BCUT2D eigenvalue weighted by Gasteiger charge is -2.29. The van der Waals surface area contributed by atoms with Crippen molar-refractivity contribution in [3.8, 4) is 5.75 Å². The van der Waals surface area contributed by atoms with Crippen molar-refractivity contribution in [3.63, 3.8) is 0 Å². The highest BCUT2D eigenvalue weighted by molar-refractivity contribution is 6.47. The van der Waals surface area contributed by atoms with E-state index in [4.69, 9.17) is 14.1 Å². The number of nitrogens with one attached hydrogen (secondary N) is 1. The molecule has 1 unspecified atom stereocenters. The summed E-state index contributed by atoms with van der Waals surface area (Å²) in [6.45, 7) is 1.33. The molecule has 1 atom stereocenters. The van der Waals surface area contributed by atoms with E-state index in [9.17, 15) is 19.4 Å². The monoisotopic (exact) mass is 411 g/mol. The fraction of sp³-hybridized carbons (Fsp3) is 0.286. The molecule has 0 aliphatic carbocycles. The molecule has 8 nitrogen and oxygen atoms in total. The minimum atomic E-state index is -1.30. The minimum absolute atomic E-state index is 0.0978. The van der Waals surface area contributed by atoms with Gasteiger partial charge in [0.25, 0.3) is 0 Å². The number of carbonyl (C=O) groups excluding carboxylic acids is 3. The summed E-state index contributed by atoms with van der Waals surface area (Å²) >= 11 is 0. The Labute approximate surface area is 174 Å². The van der Waals surface area contributed by atoms with Crippen molar-refractivity contribution in [3.05, 3.63) is 65.2 Å². The van der Waals surface area contributed by atoms with E-state index in [0.717, 1.165) is 0 Å². The van der Waals surface area contributed by atoms with Gasteiger partial charge in [-0.1, -0.05) is 37.3 Å². The van der Waals surface area contributed by atoms with Crippen molar-refractivity contribution in [2.45, 2.75) is 32.1 Å². The number of fused-ring (bicyclic) bond motifs is 1. The predicted octanol–water partition coefficient (Wildman–Crippen LogP) is 1.90. The first-order valence-corrected chi connectivity index (χ1v) is 9.65. The normalized spacial score (nSPS) is 14.9. The number of ether oxygens (including phenoxy) is 2. The molecule has 9 heteroatoms. The lowest BCUT2D eigenvalue weighted by atomic mass is 9.72. The molecule has 2 aromatic carbocycles. The molecule has 1 aliphatic heterocycles. The molecule has 0 aromatic heterocycles. The largest absolute Gasteiger partial charge is 0.547 e. The summed E-state index contributed by atoms with van der Waals surface area (Å²) < 4.78 is 15.5. The van der Waals surface area contributed by atoms with Crippen LogP contribution in [0.15, 0.2) is 48.5 Å². The molecule has 0 bridgehead atoms. The molecular formula is C21H22BNO7. The molecular weight excluding hydrogens is 389 g/mol.